The summed E-state index contributed by atoms with van der Waals surface area (Å²) in [5.74, 6) is 0. The van der Waals surface area contributed by atoms with Crippen molar-refractivity contribution in [1.29, 1.82) is 0 Å². The standard InChI is InChI=1S/C49H35NO/c1-49(2)43-28-22-36(33-14-7-4-8-15-33)30-42(43)40-27-26-38(31-44(40)49)50(37-24-20-34(21-25-37)32-12-5-3-6-13-32)45-19-11-18-41-47-39-17-10-9-16-35(39)23-29-46(47)51-48(41)45/h3-31H,1-2H3. The Morgan fingerprint density at radius 1 is 0.451 bits per heavy atom. The predicted molar refractivity (Wildman–Crippen MR) is 214 cm³/mol. The Morgan fingerprint density at radius 2 is 1.10 bits per heavy atom. The Bertz CT molecular complexity index is 2760. The lowest BCUT2D eigenvalue weighted by Gasteiger charge is -2.28. The first kappa shape index (κ1) is 29.5. The summed E-state index contributed by atoms with van der Waals surface area (Å²) in [5.41, 5.74) is 15.0. The molecule has 8 aromatic carbocycles. The Morgan fingerprint density at radius 3 is 1.88 bits per heavy atom. The van der Waals surface area contributed by atoms with Gasteiger partial charge in [-0.1, -0.05) is 147 Å². The van der Waals surface area contributed by atoms with Gasteiger partial charge in [0.2, 0.25) is 0 Å². The summed E-state index contributed by atoms with van der Waals surface area (Å²) in [6.45, 7) is 4.71. The molecule has 0 atom stereocenters. The van der Waals surface area contributed by atoms with Crippen LogP contribution in [0.2, 0.25) is 0 Å². The third-order valence-corrected chi connectivity index (χ3v) is 10.9. The molecule has 0 saturated heterocycles. The van der Waals surface area contributed by atoms with E-state index in [-0.39, 0.29) is 5.41 Å². The molecule has 0 amide bonds. The van der Waals surface area contributed by atoms with Crippen molar-refractivity contribution in [3.8, 4) is 33.4 Å². The van der Waals surface area contributed by atoms with E-state index in [1.165, 1.54) is 55.3 Å². The number of furan rings is 1. The quantitative estimate of drug-likeness (QED) is 0.184. The van der Waals surface area contributed by atoms with E-state index < -0.39 is 0 Å². The molecule has 9 aromatic rings. The molecule has 0 saturated carbocycles. The molecular formula is C49H35NO. The largest absolute Gasteiger partial charge is 0.454 e. The molecule has 1 aliphatic rings. The minimum Gasteiger partial charge on any atom is -0.454 e. The van der Waals surface area contributed by atoms with Crippen molar-refractivity contribution in [2.45, 2.75) is 19.3 Å². The maximum Gasteiger partial charge on any atom is 0.159 e. The van der Waals surface area contributed by atoms with Gasteiger partial charge in [-0.05, 0) is 97.7 Å². The highest BCUT2D eigenvalue weighted by molar-refractivity contribution is 6.21. The molecule has 0 bridgehead atoms. The molecule has 1 aromatic heterocycles. The first-order chi connectivity index (χ1) is 25.0. The number of benzene rings is 8. The van der Waals surface area contributed by atoms with Gasteiger partial charge < -0.3 is 9.32 Å². The third kappa shape index (κ3) is 4.64. The second kappa shape index (κ2) is 11.3. The Labute approximate surface area is 297 Å². The van der Waals surface area contributed by atoms with Crippen molar-refractivity contribution in [3.05, 3.63) is 187 Å². The van der Waals surface area contributed by atoms with Gasteiger partial charge in [-0.15, -0.1) is 0 Å². The second-order valence-corrected chi connectivity index (χ2v) is 14.1. The van der Waals surface area contributed by atoms with E-state index in [0.29, 0.717) is 0 Å². The first-order valence-corrected chi connectivity index (χ1v) is 17.7. The fourth-order valence-electron chi connectivity index (χ4n) is 8.28. The summed E-state index contributed by atoms with van der Waals surface area (Å²) in [5, 5.41) is 4.69. The molecule has 1 aliphatic carbocycles. The number of rotatable bonds is 5. The smallest absolute Gasteiger partial charge is 0.159 e. The van der Waals surface area contributed by atoms with Crippen molar-refractivity contribution < 1.29 is 4.42 Å². The SMILES string of the molecule is CC1(C)c2ccc(-c3ccccc3)cc2-c2ccc(N(c3ccc(-c4ccccc4)cc3)c3cccc4c3oc3ccc5ccccc5c34)cc21. The molecule has 0 unspecified atom stereocenters. The highest BCUT2D eigenvalue weighted by atomic mass is 16.3. The molecule has 1 heterocycles. The third-order valence-electron chi connectivity index (χ3n) is 10.9. The zero-order valence-electron chi connectivity index (χ0n) is 28.6. The first-order valence-electron chi connectivity index (χ1n) is 17.7. The van der Waals surface area contributed by atoms with Crippen LogP contribution in [0.1, 0.15) is 25.0 Å². The lowest BCUT2D eigenvalue weighted by molar-refractivity contribution is 0.660. The number of hydrogen-bond acceptors (Lipinski definition) is 2. The van der Waals surface area contributed by atoms with Gasteiger partial charge in [0.05, 0.1) is 5.69 Å². The maximum atomic E-state index is 6.81. The number of anilines is 3. The topological polar surface area (TPSA) is 16.4 Å². The molecular weight excluding hydrogens is 619 g/mol. The number of fused-ring (bicyclic) bond motifs is 8. The van der Waals surface area contributed by atoms with Crippen LogP contribution in [-0.2, 0) is 5.41 Å². The number of hydrogen-bond donors (Lipinski definition) is 0. The zero-order valence-corrected chi connectivity index (χ0v) is 28.6. The van der Waals surface area contributed by atoms with Crippen molar-refractivity contribution in [2.24, 2.45) is 0 Å². The summed E-state index contributed by atoms with van der Waals surface area (Å²) in [4.78, 5) is 2.37. The summed E-state index contributed by atoms with van der Waals surface area (Å²) in [6.07, 6.45) is 0. The van der Waals surface area contributed by atoms with Gasteiger partial charge in [0, 0.05) is 27.6 Å². The Balaban J connectivity index is 1.17. The zero-order chi connectivity index (χ0) is 34.1. The van der Waals surface area contributed by atoms with Crippen LogP contribution in [0.15, 0.2) is 180 Å². The van der Waals surface area contributed by atoms with Crippen LogP contribution in [0.3, 0.4) is 0 Å². The van der Waals surface area contributed by atoms with Crippen LogP contribution in [-0.4, -0.2) is 0 Å². The average molecular weight is 654 g/mol. The Hall–Kier alpha value is -6.38. The van der Waals surface area contributed by atoms with E-state index in [9.17, 15) is 0 Å². The van der Waals surface area contributed by atoms with E-state index in [1.54, 1.807) is 0 Å². The molecule has 0 aliphatic heterocycles. The van der Waals surface area contributed by atoms with E-state index in [4.69, 9.17) is 4.42 Å². The van der Waals surface area contributed by atoms with Crippen molar-refractivity contribution in [2.75, 3.05) is 4.90 Å². The average Bonchev–Trinajstić information content (AvgIpc) is 3.68. The summed E-state index contributed by atoms with van der Waals surface area (Å²) in [6, 6.07) is 63.5. The van der Waals surface area contributed by atoms with Gasteiger partial charge in [0.15, 0.2) is 5.58 Å². The van der Waals surface area contributed by atoms with Crippen LogP contribution >= 0.6 is 0 Å². The predicted octanol–water partition coefficient (Wildman–Crippen LogP) is 13.8. The highest BCUT2D eigenvalue weighted by Crippen LogP contribution is 2.52. The molecule has 2 nitrogen and oxygen atoms in total. The van der Waals surface area contributed by atoms with Gasteiger partial charge >= 0.3 is 0 Å². The van der Waals surface area contributed by atoms with Gasteiger partial charge in [-0.3, -0.25) is 0 Å². The molecule has 0 fully saturated rings. The molecule has 0 spiro atoms. The van der Waals surface area contributed by atoms with Crippen molar-refractivity contribution >= 4 is 49.8 Å². The minimum atomic E-state index is -0.164. The van der Waals surface area contributed by atoms with E-state index in [0.717, 1.165) is 39.0 Å². The number of para-hydroxylation sites is 1. The molecule has 2 heteroatoms. The minimum absolute atomic E-state index is 0.164. The van der Waals surface area contributed by atoms with Crippen molar-refractivity contribution in [1.82, 2.24) is 0 Å². The second-order valence-electron chi connectivity index (χ2n) is 14.1. The van der Waals surface area contributed by atoms with Gasteiger partial charge in [-0.25, -0.2) is 0 Å². The van der Waals surface area contributed by atoms with E-state index in [1.807, 2.05) is 0 Å². The van der Waals surface area contributed by atoms with Crippen LogP contribution in [0.25, 0.3) is 66.1 Å². The summed E-state index contributed by atoms with van der Waals surface area (Å²) in [7, 11) is 0. The lowest BCUT2D eigenvalue weighted by Crippen LogP contribution is -2.16. The molecule has 0 radical (unpaired) electrons. The van der Waals surface area contributed by atoms with Gasteiger partial charge in [-0.2, -0.15) is 0 Å². The lowest BCUT2D eigenvalue weighted by atomic mass is 9.82. The molecule has 51 heavy (non-hydrogen) atoms. The van der Waals surface area contributed by atoms with E-state index >= 15 is 0 Å². The van der Waals surface area contributed by atoms with Gasteiger partial charge in [0.25, 0.3) is 0 Å². The fraction of sp³-hybridized carbons (Fsp3) is 0.0612. The summed E-state index contributed by atoms with van der Waals surface area (Å²) < 4.78 is 6.81. The van der Waals surface area contributed by atoms with Crippen LogP contribution in [0.4, 0.5) is 17.1 Å². The molecule has 242 valence electrons. The van der Waals surface area contributed by atoms with E-state index in [2.05, 4.69) is 195 Å². The number of nitrogens with zero attached hydrogens (tertiary/aromatic N) is 1. The monoisotopic (exact) mass is 653 g/mol. The summed E-state index contributed by atoms with van der Waals surface area (Å²) >= 11 is 0. The van der Waals surface area contributed by atoms with Crippen LogP contribution < -0.4 is 4.90 Å². The fourth-order valence-corrected chi connectivity index (χ4v) is 8.28. The van der Waals surface area contributed by atoms with Crippen LogP contribution in [0.5, 0.6) is 0 Å². The van der Waals surface area contributed by atoms with Crippen molar-refractivity contribution in [3.63, 3.8) is 0 Å². The van der Waals surface area contributed by atoms with Gasteiger partial charge in [0.1, 0.15) is 5.58 Å². The Kier molecular flexibility index (Phi) is 6.56. The highest BCUT2D eigenvalue weighted by Gasteiger charge is 2.36. The molecule has 0 N–H and O–H groups in total. The van der Waals surface area contributed by atoms with Crippen LogP contribution in [0, 0.1) is 0 Å². The normalized spacial score (nSPS) is 13.1. The maximum absolute atomic E-state index is 6.81. The molecule has 10 rings (SSSR count).